The van der Waals surface area contributed by atoms with Gasteiger partial charge >= 0.3 is 0 Å². The highest BCUT2D eigenvalue weighted by atomic mass is 35.5. The van der Waals surface area contributed by atoms with E-state index in [4.69, 9.17) is 17.3 Å². The Morgan fingerprint density at radius 1 is 1.12 bits per heavy atom. The smallest absolute Gasteiger partial charge is 0.255 e. The molecule has 0 fully saturated rings. The van der Waals surface area contributed by atoms with Crippen molar-refractivity contribution >= 4 is 33.2 Å². The first-order chi connectivity index (χ1) is 12.3. The molecule has 0 saturated carbocycles. The predicted molar refractivity (Wildman–Crippen MR) is 104 cm³/mol. The molecule has 0 aliphatic heterocycles. The molecule has 0 radical (unpaired) electrons. The van der Waals surface area contributed by atoms with Gasteiger partial charge in [-0.3, -0.25) is 4.79 Å². The normalized spacial score (nSPS) is 11.6. The predicted octanol–water partition coefficient (Wildman–Crippen LogP) is 3.08. The van der Waals surface area contributed by atoms with Gasteiger partial charge in [0.15, 0.2) is 0 Å². The van der Waals surface area contributed by atoms with E-state index in [0.717, 1.165) is 5.56 Å². The van der Waals surface area contributed by atoms with E-state index in [1.807, 2.05) is 0 Å². The molecule has 0 unspecified atom stereocenters. The minimum atomic E-state index is -3.73. The molecule has 0 aliphatic rings. The Morgan fingerprint density at radius 3 is 2.27 bits per heavy atom. The first-order valence-corrected chi connectivity index (χ1v) is 10.0. The average molecular weight is 396 g/mol. The summed E-state index contributed by atoms with van der Waals surface area (Å²) >= 11 is 6.10. The lowest BCUT2D eigenvalue weighted by Crippen LogP contribution is -2.30. The zero-order valence-electron chi connectivity index (χ0n) is 14.7. The number of benzene rings is 2. The van der Waals surface area contributed by atoms with Crippen LogP contribution in [0.1, 0.15) is 29.8 Å². The van der Waals surface area contributed by atoms with Crippen molar-refractivity contribution in [1.82, 2.24) is 4.31 Å². The minimum Gasteiger partial charge on any atom is -0.326 e. The van der Waals surface area contributed by atoms with Gasteiger partial charge in [0.25, 0.3) is 5.91 Å². The quantitative estimate of drug-likeness (QED) is 0.753. The number of hydrogen-bond acceptors (Lipinski definition) is 4. The summed E-state index contributed by atoms with van der Waals surface area (Å²) in [6.45, 7) is 4.57. The molecule has 8 heteroatoms. The van der Waals surface area contributed by atoms with Crippen LogP contribution < -0.4 is 11.1 Å². The second-order valence-electron chi connectivity index (χ2n) is 5.59. The number of anilines is 1. The van der Waals surface area contributed by atoms with Crippen LogP contribution in [0.25, 0.3) is 0 Å². The first-order valence-electron chi connectivity index (χ1n) is 8.23. The second kappa shape index (κ2) is 8.64. The highest BCUT2D eigenvalue weighted by molar-refractivity contribution is 7.89. The molecule has 1 amide bonds. The van der Waals surface area contributed by atoms with Crippen molar-refractivity contribution in [2.75, 3.05) is 18.4 Å². The van der Waals surface area contributed by atoms with Crippen molar-refractivity contribution in [3.05, 3.63) is 58.6 Å². The van der Waals surface area contributed by atoms with Crippen LogP contribution in [0.2, 0.25) is 5.02 Å². The SMILES string of the molecule is CCN(CC)S(=O)(=O)c1cc(NC(=O)c2ccc(CN)cc2)ccc1Cl. The van der Waals surface area contributed by atoms with Crippen LogP contribution in [0.15, 0.2) is 47.4 Å². The van der Waals surface area contributed by atoms with E-state index in [0.29, 0.717) is 30.9 Å². The second-order valence-corrected chi connectivity index (χ2v) is 7.90. The lowest BCUT2D eigenvalue weighted by molar-refractivity contribution is 0.102. The maximum absolute atomic E-state index is 12.7. The van der Waals surface area contributed by atoms with Crippen molar-refractivity contribution < 1.29 is 13.2 Å². The monoisotopic (exact) mass is 395 g/mol. The van der Waals surface area contributed by atoms with Gasteiger partial charge in [0.05, 0.1) is 5.02 Å². The van der Waals surface area contributed by atoms with Gasteiger partial charge in [0.2, 0.25) is 10.0 Å². The molecule has 2 aromatic rings. The topological polar surface area (TPSA) is 92.5 Å². The number of nitrogens with one attached hydrogen (secondary N) is 1. The zero-order valence-corrected chi connectivity index (χ0v) is 16.3. The Hall–Kier alpha value is -1.93. The maximum atomic E-state index is 12.7. The van der Waals surface area contributed by atoms with E-state index in [9.17, 15) is 13.2 Å². The lowest BCUT2D eigenvalue weighted by Gasteiger charge is -2.19. The number of hydrogen-bond donors (Lipinski definition) is 2. The van der Waals surface area contributed by atoms with Crippen LogP contribution in [0, 0.1) is 0 Å². The maximum Gasteiger partial charge on any atom is 0.255 e. The van der Waals surface area contributed by atoms with E-state index in [-0.39, 0.29) is 15.8 Å². The van der Waals surface area contributed by atoms with E-state index >= 15 is 0 Å². The van der Waals surface area contributed by atoms with Crippen LogP contribution in [-0.2, 0) is 16.6 Å². The summed E-state index contributed by atoms with van der Waals surface area (Å²) in [5, 5.41) is 2.81. The van der Waals surface area contributed by atoms with E-state index < -0.39 is 10.0 Å². The molecule has 140 valence electrons. The standard InChI is InChI=1S/C18H22ClN3O3S/c1-3-22(4-2)26(24,25)17-11-15(9-10-16(17)19)21-18(23)14-7-5-13(12-20)6-8-14/h5-11H,3-4,12,20H2,1-2H3,(H,21,23). The van der Waals surface area contributed by atoms with Crippen molar-refractivity contribution in [1.29, 1.82) is 0 Å². The number of carbonyl (C=O) groups excluding carboxylic acids is 1. The van der Waals surface area contributed by atoms with Crippen molar-refractivity contribution in [3.8, 4) is 0 Å². The molecule has 6 nitrogen and oxygen atoms in total. The van der Waals surface area contributed by atoms with E-state index in [2.05, 4.69) is 5.32 Å². The Kier molecular flexibility index (Phi) is 6.77. The summed E-state index contributed by atoms with van der Waals surface area (Å²) in [6, 6.07) is 11.3. The third-order valence-corrected chi connectivity index (χ3v) is 6.50. The summed E-state index contributed by atoms with van der Waals surface area (Å²) in [7, 11) is -3.73. The zero-order chi connectivity index (χ0) is 19.3. The average Bonchev–Trinajstić information content (AvgIpc) is 2.64. The molecule has 0 aromatic heterocycles. The lowest BCUT2D eigenvalue weighted by atomic mass is 10.1. The number of carbonyl (C=O) groups is 1. The molecular formula is C18H22ClN3O3S. The van der Waals surface area contributed by atoms with Gasteiger partial charge in [-0.15, -0.1) is 0 Å². The fourth-order valence-corrected chi connectivity index (χ4v) is 4.44. The molecule has 2 aromatic carbocycles. The molecule has 0 saturated heterocycles. The molecule has 26 heavy (non-hydrogen) atoms. The van der Waals surface area contributed by atoms with Crippen LogP contribution in [0.3, 0.4) is 0 Å². The third kappa shape index (κ3) is 4.42. The van der Waals surface area contributed by atoms with Crippen LogP contribution in [-0.4, -0.2) is 31.7 Å². The first kappa shape index (κ1) is 20.4. The summed E-state index contributed by atoms with van der Waals surface area (Å²) in [6.07, 6.45) is 0. The largest absolute Gasteiger partial charge is 0.326 e. The van der Waals surface area contributed by atoms with Gasteiger partial charge in [-0.2, -0.15) is 4.31 Å². The third-order valence-electron chi connectivity index (χ3n) is 3.96. The Morgan fingerprint density at radius 2 is 1.73 bits per heavy atom. The summed E-state index contributed by atoms with van der Waals surface area (Å²) in [4.78, 5) is 12.3. The fraction of sp³-hybridized carbons (Fsp3) is 0.278. The Balaban J connectivity index is 2.30. The van der Waals surface area contributed by atoms with Gasteiger partial charge in [0, 0.05) is 30.9 Å². The molecule has 0 bridgehead atoms. The summed E-state index contributed by atoms with van der Waals surface area (Å²) in [5.74, 6) is -0.345. The highest BCUT2D eigenvalue weighted by Gasteiger charge is 2.25. The van der Waals surface area contributed by atoms with Gasteiger partial charge in [0.1, 0.15) is 4.90 Å². The Labute approximate surface area is 159 Å². The number of sulfonamides is 1. The van der Waals surface area contributed by atoms with E-state index in [1.54, 1.807) is 44.2 Å². The van der Waals surface area contributed by atoms with Gasteiger partial charge in [-0.05, 0) is 35.9 Å². The highest BCUT2D eigenvalue weighted by Crippen LogP contribution is 2.28. The molecule has 0 atom stereocenters. The molecule has 0 aliphatic carbocycles. The van der Waals surface area contributed by atoms with Gasteiger partial charge in [-0.25, -0.2) is 8.42 Å². The molecule has 2 rings (SSSR count). The Bertz CT molecular complexity index is 879. The fourth-order valence-electron chi connectivity index (χ4n) is 2.48. The van der Waals surface area contributed by atoms with Gasteiger partial charge in [-0.1, -0.05) is 37.6 Å². The summed E-state index contributed by atoms with van der Waals surface area (Å²) in [5.41, 5.74) is 7.27. The molecular weight excluding hydrogens is 374 g/mol. The molecule has 0 spiro atoms. The van der Waals surface area contributed by atoms with Crippen molar-refractivity contribution in [2.45, 2.75) is 25.3 Å². The number of amides is 1. The number of halogens is 1. The number of rotatable bonds is 7. The number of nitrogens with zero attached hydrogens (tertiary/aromatic N) is 1. The minimum absolute atomic E-state index is 0.0286. The van der Waals surface area contributed by atoms with Gasteiger partial charge < -0.3 is 11.1 Å². The van der Waals surface area contributed by atoms with Crippen molar-refractivity contribution in [3.63, 3.8) is 0 Å². The summed E-state index contributed by atoms with van der Waals surface area (Å²) < 4.78 is 26.7. The van der Waals surface area contributed by atoms with Crippen LogP contribution in [0.4, 0.5) is 5.69 Å². The number of nitrogens with two attached hydrogens (primary N) is 1. The van der Waals surface area contributed by atoms with Crippen molar-refractivity contribution in [2.24, 2.45) is 5.73 Å². The molecule has 0 heterocycles. The van der Waals surface area contributed by atoms with E-state index in [1.165, 1.54) is 16.4 Å². The van der Waals surface area contributed by atoms with Crippen LogP contribution in [0.5, 0.6) is 0 Å². The molecule has 3 N–H and O–H groups in total. The van der Waals surface area contributed by atoms with Crippen LogP contribution >= 0.6 is 11.6 Å².